The number of fused-ring (bicyclic) bond motifs is 1. The van der Waals surface area contributed by atoms with Crippen molar-refractivity contribution in [3.63, 3.8) is 0 Å². The Morgan fingerprint density at radius 1 is 1.00 bits per heavy atom. The molecule has 1 fully saturated rings. The monoisotopic (exact) mass is 515 g/mol. The predicted molar refractivity (Wildman–Crippen MR) is 139 cm³/mol. The van der Waals surface area contributed by atoms with Crippen LogP contribution in [-0.2, 0) is 22.0 Å². The molecule has 1 N–H and O–H groups in total. The summed E-state index contributed by atoms with van der Waals surface area (Å²) in [5.74, 6) is 0.650. The number of hydrogen-bond donors (Lipinski definition) is 1. The van der Waals surface area contributed by atoms with E-state index in [4.69, 9.17) is 23.2 Å². The standard InChI is InChI=1S/C24H19Cl2N3O2S2/c25-21-8-6-17(14-20(21)24-19-5-2-1-4-16(19)10-11-27-24)28-33(31)23-9-7-18(15-22(23)26)29-12-3-13-32(29)30/h1-2,4-11,14-15,28H,3,12-13H2. The van der Waals surface area contributed by atoms with Gasteiger partial charge in [0.25, 0.3) is 0 Å². The van der Waals surface area contributed by atoms with Crippen molar-refractivity contribution in [1.29, 1.82) is 0 Å². The molecular weight excluding hydrogens is 497 g/mol. The minimum Gasteiger partial charge on any atom is -0.301 e. The average Bonchev–Trinajstić information content (AvgIpc) is 3.25. The molecule has 0 radical (unpaired) electrons. The summed E-state index contributed by atoms with van der Waals surface area (Å²) in [5, 5.41) is 2.95. The highest BCUT2D eigenvalue weighted by atomic mass is 35.5. The van der Waals surface area contributed by atoms with Crippen molar-refractivity contribution < 1.29 is 8.42 Å². The summed E-state index contributed by atoms with van der Waals surface area (Å²) in [6.07, 6.45) is 2.63. The van der Waals surface area contributed by atoms with E-state index in [1.807, 2.05) is 40.7 Å². The number of benzene rings is 3. The van der Waals surface area contributed by atoms with Gasteiger partial charge in [0.15, 0.2) is 11.0 Å². The van der Waals surface area contributed by atoms with E-state index in [1.54, 1.807) is 36.5 Å². The number of anilines is 2. The molecule has 1 saturated heterocycles. The van der Waals surface area contributed by atoms with Gasteiger partial charge in [0.05, 0.1) is 26.3 Å². The molecule has 5 nitrogen and oxygen atoms in total. The lowest BCUT2D eigenvalue weighted by Gasteiger charge is -2.17. The third kappa shape index (κ3) is 4.51. The molecule has 0 spiro atoms. The molecular formula is C24H19Cl2N3O2S2. The summed E-state index contributed by atoms with van der Waals surface area (Å²) in [6.45, 7) is 0.722. The van der Waals surface area contributed by atoms with Crippen LogP contribution in [0.25, 0.3) is 22.0 Å². The maximum Gasteiger partial charge on any atom is 0.151 e. The summed E-state index contributed by atoms with van der Waals surface area (Å²) < 4.78 is 30.0. The summed E-state index contributed by atoms with van der Waals surface area (Å²) in [4.78, 5) is 4.99. The number of halogens is 2. The van der Waals surface area contributed by atoms with Gasteiger partial charge in [0.1, 0.15) is 11.0 Å². The van der Waals surface area contributed by atoms with Crippen LogP contribution in [0.2, 0.25) is 10.0 Å². The van der Waals surface area contributed by atoms with Crippen molar-refractivity contribution in [2.75, 3.05) is 21.3 Å². The first-order valence-electron chi connectivity index (χ1n) is 10.3. The minimum absolute atomic E-state index is 0.354. The largest absolute Gasteiger partial charge is 0.301 e. The molecule has 3 aromatic carbocycles. The first kappa shape index (κ1) is 22.3. The van der Waals surface area contributed by atoms with Crippen LogP contribution >= 0.6 is 23.2 Å². The van der Waals surface area contributed by atoms with Crippen molar-refractivity contribution >= 4 is 67.3 Å². The maximum absolute atomic E-state index is 13.1. The molecule has 2 heterocycles. The molecule has 0 bridgehead atoms. The Balaban J connectivity index is 1.43. The first-order chi connectivity index (χ1) is 16.0. The summed E-state index contributed by atoms with van der Waals surface area (Å²) in [6, 6.07) is 20.5. The first-order valence-corrected chi connectivity index (χ1v) is 13.5. The third-order valence-corrected chi connectivity index (χ3v) is 8.89. The van der Waals surface area contributed by atoms with Crippen molar-refractivity contribution in [3.8, 4) is 11.3 Å². The highest BCUT2D eigenvalue weighted by molar-refractivity contribution is 7.87. The van der Waals surface area contributed by atoms with Gasteiger partial charge < -0.3 is 4.72 Å². The highest BCUT2D eigenvalue weighted by Gasteiger charge is 2.22. The Bertz CT molecular complexity index is 1410. The molecule has 168 valence electrons. The molecule has 0 saturated carbocycles. The van der Waals surface area contributed by atoms with Crippen molar-refractivity contribution in [1.82, 2.24) is 4.98 Å². The smallest absolute Gasteiger partial charge is 0.151 e. The van der Waals surface area contributed by atoms with E-state index in [0.717, 1.165) is 40.7 Å². The molecule has 2 unspecified atom stereocenters. The number of pyridine rings is 1. The van der Waals surface area contributed by atoms with Crippen LogP contribution in [0.5, 0.6) is 0 Å². The number of nitrogens with zero attached hydrogens (tertiary/aromatic N) is 2. The zero-order valence-electron chi connectivity index (χ0n) is 17.3. The Kier molecular flexibility index (Phi) is 6.38. The molecule has 9 heteroatoms. The topological polar surface area (TPSA) is 62.3 Å². The van der Waals surface area contributed by atoms with E-state index in [-0.39, 0.29) is 0 Å². The Labute approximate surface area is 206 Å². The normalized spacial score (nSPS) is 16.8. The van der Waals surface area contributed by atoms with Gasteiger partial charge in [-0.3, -0.25) is 9.29 Å². The van der Waals surface area contributed by atoms with E-state index in [2.05, 4.69) is 9.71 Å². The van der Waals surface area contributed by atoms with Crippen LogP contribution in [0.15, 0.2) is 77.8 Å². The quantitative estimate of drug-likeness (QED) is 0.343. The second-order valence-electron chi connectivity index (χ2n) is 7.54. The van der Waals surface area contributed by atoms with Crippen LogP contribution in [-0.4, -0.2) is 25.7 Å². The van der Waals surface area contributed by atoms with Crippen LogP contribution in [0.4, 0.5) is 11.4 Å². The molecule has 33 heavy (non-hydrogen) atoms. The van der Waals surface area contributed by atoms with E-state index in [9.17, 15) is 8.42 Å². The van der Waals surface area contributed by atoms with E-state index >= 15 is 0 Å². The highest BCUT2D eigenvalue weighted by Crippen LogP contribution is 2.35. The van der Waals surface area contributed by atoms with Gasteiger partial charge in [0, 0.05) is 35.1 Å². The Morgan fingerprint density at radius 2 is 1.85 bits per heavy atom. The average molecular weight is 516 g/mol. The van der Waals surface area contributed by atoms with Gasteiger partial charge in [-0.25, -0.2) is 8.42 Å². The van der Waals surface area contributed by atoms with Crippen LogP contribution in [0, 0.1) is 0 Å². The van der Waals surface area contributed by atoms with E-state index in [0.29, 0.717) is 26.4 Å². The lowest BCUT2D eigenvalue weighted by Crippen LogP contribution is -2.19. The summed E-state index contributed by atoms with van der Waals surface area (Å²) in [7, 11) is -2.64. The molecule has 5 rings (SSSR count). The van der Waals surface area contributed by atoms with Gasteiger partial charge in [0.2, 0.25) is 0 Å². The van der Waals surface area contributed by atoms with Crippen LogP contribution in [0.1, 0.15) is 6.42 Å². The molecule has 1 aliphatic rings. The third-order valence-electron chi connectivity index (χ3n) is 5.43. The Hall–Kier alpha value is -2.45. The number of aromatic nitrogens is 1. The minimum atomic E-state index is -1.60. The van der Waals surface area contributed by atoms with Gasteiger partial charge in [-0.1, -0.05) is 47.5 Å². The molecule has 1 aromatic heterocycles. The summed E-state index contributed by atoms with van der Waals surface area (Å²) >= 11 is 13.0. The molecule has 1 aliphatic heterocycles. The maximum atomic E-state index is 13.1. The predicted octanol–water partition coefficient (Wildman–Crippen LogP) is 6.22. The second-order valence-corrected chi connectivity index (χ2v) is 11.0. The fourth-order valence-electron chi connectivity index (χ4n) is 3.85. The van der Waals surface area contributed by atoms with Gasteiger partial charge >= 0.3 is 0 Å². The van der Waals surface area contributed by atoms with Gasteiger partial charge in [-0.15, -0.1) is 0 Å². The number of nitrogens with one attached hydrogen (secondary N) is 1. The van der Waals surface area contributed by atoms with Gasteiger partial charge in [-0.05, 0) is 54.3 Å². The molecule has 2 atom stereocenters. The zero-order valence-corrected chi connectivity index (χ0v) is 20.5. The van der Waals surface area contributed by atoms with E-state index in [1.165, 1.54) is 0 Å². The summed E-state index contributed by atoms with van der Waals surface area (Å²) in [5.41, 5.74) is 2.90. The second kappa shape index (κ2) is 9.43. The lowest BCUT2D eigenvalue weighted by atomic mass is 10.0. The van der Waals surface area contributed by atoms with Crippen molar-refractivity contribution in [2.45, 2.75) is 11.3 Å². The lowest BCUT2D eigenvalue weighted by molar-refractivity contribution is 0.685. The Morgan fingerprint density at radius 3 is 2.64 bits per heavy atom. The fraction of sp³-hybridized carbons (Fsp3) is 0.125. The van der Waals surface area contributed by atoms with Crippen molar-refractivity contribution in [3.05, 3.63) is 83.0 Å². The van der Waals surface area contributed by atoms with Crippen LogP contribution < -0.4 is 9.03 Å². The fourth-order valence-corrected chi connectivity index (χ4v) is 6.60. The van der Waals surface area contributed by atoms with Crippen molar-refractivity contribution in [2.24, 2.45) is 0 Å². The molecule has 0 aliphatic carbocycles. The number of rotatable bonds is 5. The molecule has 0 amide bonds. The van der Waals surface area contributed by atoms with Gasteiger partial charge in [-0.2, -0.15) is 0 Å². The SMILES string of the molecule is O=S(Nc1ccc(Cl)c(-c2nccc3ccccc23)c1)c1ccc(N2CCCS2=O)cc1Cl. The van der Waals surface area contributed by atoms with Crippen LogP contribution in [0.3, 0.4) is 0 Å². The number of hydrogen-bond acceptors (Lipinski definition) is 3. The molecule has 4 aromatic rings. The van der Waals surface area contributed by atoms with E-state index < -0.39 is 22.0 Å². The zero-order chi connectivity index (χ0) is 22.9.